The summed E-state index contributed by atoms with van der Waals surface area (Å²) in [6, 6.07) is 3.63. The molecule has 8 nitrogen and oxygen atoms in total. The molecule has 0 aliphatic carbocycles. The molecule has 3 fully saturated rings. The summed E-state index contributed by atoms with van der Waals surface area (Å²) in [6.07, 6.45) is 5.50. The van der Waals surface area contributed by atoms with E-state index in [4.69, 9.17) is 21.1 Å². The number of alkyl halides is 1. The number of carbonyl (C=O) groups excluding carboxylic acids is 3. The Hall–Kier alpha value is -2.20. The lowest BCUT2D eigenvalue weighted by molar-refractivity contribution is -0.156. The number of para-hydroxylation sites is 1. The van der Waals surface area contributed by atoms with E-state index >= 15 is 0 Å². The summed E-state index contributed by atoms with van der Waals surface area (Å²) in [7, 11) is 0. The lowest BCUT2D eigenvalue weighted by atomic mass is 9.70. The number of fused-ring (bicyclic) bond motifs is 1. The second-order valence-corrected chi connectivity index (χ2v) is 13.1. The van der Waals surface area contributed by atoms with Gasteiger partial charge in [0, 0.05) is 11.4 Å². The van der Waals surface area contributed by atoms with Crippen LogP contribution in [0.25, 0.3) is 0 Å². The number of aliphatic hydroxyl groups excluding tert-OH is 1. The Labute approximate surface area is 255 Å². The molecule has 2 amide bonds. The van der Waals surface area contributed by atoms with E-state index < -0.39 is 47.5 Å². The molecule has 1 aromatic rings. The van der Waals surface area contributed by atoms with Crippen LogP contribution >= 0.6 is 27.5 Å². The van der Waals surface area contributed by atoms with E-state index in [1.54, 1.807) is 12.1 Å². The molecule has 10 heteroatoms. The van der Waals surface area contributed by atoms with Crippen molar-refractivity contribution in [3.63, 3.8) is 0 Å². The number of benzene rings is 1. The molecule has 4 rings (SSSR count). The lowest BCUT2D eigenvalue weighted by Crippen LogP contribution is -2.60. The van der Waals surface area contributed by atoms with Gasteiger partial charge in [-0.1, -0.05) is 65.7 Å². The second-order valence-electron chi connectivity index (χ2n) is 11.5. The molecule has 0 radical (unpaired) electrons. The van der Waals surface area contributed by atoms with E-state index in [1.807, 2.05) is 39.0 Å². The Kier molecular flexibility index (Phi) is 10.0. The van der Waals surface area contributed by atoms with Crippen molar-refractivity contribution in [2.45, 2.75) is 75.1 Å². The molecule has 3 unspecified atom stereocenters. The van der Waals surface area contributed by atoms with Gasteiger partial charge in [0.05, 0.1) is 47.9 Å². The maximum atomic E-state index is 14.7. The van der Waals surface area contributed by atoms with Crippen LogP contribution in [0.15, 0.2) is 43.5 Å². The third-order valence-electron chi connectivity index (χ3n) is 8.63. The molecule has 7 atom stereocenters. The summed E-state index contributed by atoms with van der Waals surface area (Å²) in [5.41, 5.74) is 0.0269. The predicted molar refractivity (Wildman–Crippen MR) is 162 cm³/mol. The largest absolute Gasteiger partial charge is 0.465 e. The van der Waals surface area contributed by atoms with E-state index in [-0.39, 0.29) is 36.4 Å². The minimum absolute atomic E-state index is 0.144. The SMILES string of the molecule is C=CCCCCOC(=O)[C@H]1[C@@H]2OC3(CC2Br)C(C(=O)N(CC=C)c2c(C)cccc2Cl)N([C@@H](CO)C(C)C)C(=O)[C@H]13. The van der Waals surface area contributed by atoms with Crippen molar-refractivity contribution in [2.75, 3.05) is 24.7 Å². The Bertz CT molecular complexity index is 1170. The molecule has 1 N–H and O–H groups in total. The highest BCUT2D eigenvalue weighted by atomic mass is 79.9. The number of allylic oxidation sites excluding steroid dienone is 1. The summed E-state index contributed by atoms with van der Waals surface area (Å²) in [5.74, 6) is -3.23. The zero-order chi connectivity index (χ0) is 30.1. The van der Waals surface area contributed by atoms with Gasteiger partial charge >= 0.3 is 5.97 Å². The molecular weight excluding hydrogens is 612 g/mol. The number of nitrogens with zero attached hydrogens (tertiary/aromatic N) is 2. The first-order valence-corrected chi connectivity index (χ1v) is 15.5. The van der Waals surface area contributed by atoms with Crippen molar-refractivity contribution in [3.8, 4) is 0 Å². The Morgan fingerprint density at radius 2 is 2.05 bits per heavy atom. The van der Waals surface area contributed by atoms with Gasteiger partial charge in [0.1, 0.15) is 11.6 Å². The van der Waals surface area contributed by atoms with Crippen molar-refractivity contribution < 1.29 is 29.0 Å². The van der Waals surface area contributed by atoms with E-state index in [0.29, 0.717) is 23.6 Å². The number of carbonyl (C=O) groups is 3. The highest BCUT2D eigenvalue weighted by molar-refractivity contribution is 9.09. The van der Waals surface area contributed by atoms with Gasteiger partial charge in [0.25, 0.3) is 5.91 Å². The highest BCUT2D eigenvalue weighted by Crippen LogP contribution is 2.61. The van der Waals surface area contributed by atoms with Crippen molar-refractivity contribution >= 4 is 51.0 Å². The van der Waals surface area contributed by atoms with Gasteiger partial charge < -0.3 is 24.4 Å². The molecule has 0 saturated carbocycles. The van der Waals surface area contributed by atoms with Gasteiger partial charge in [0.2, 0.25) is 5.91 Å². The van der Waals surface area contributed by atoms with Crippen LogP contribution in [0.3, 0.4) is 0 Å². The van der Waals surface area contributed by atoms with Gasteiger partial charge in [-0.05, 0) is 50.2 Å². The van der Waals surface area contributed by atoms with Crippen LogP contribution in [0.5, 0.6) is 0 Å². The van der Waals surface area contributed by atoms with E-state index in [9.17, 15) is 19.5 Å². The van der Waals surface area contributed by atoms with Crippen LogP contribution in [0.1, 0.15) is 45.1 Å². The fraction of sp³-hybridized carbons (Fsp3) is 0.581. The fourth-order valence-corrected chi connectivity index (χ4v) is 8.05. The number of amides is 2. The smallest absolute Gasteiger partial charge is 0.312 e. The van der Waals surface area contributed by atoms with Gasteiger partial charge in [-0.25, -0.2) is 0 Å². The number of aliphatic hydroxyl groups is 1. The number of esters is 1. The van der Waals surface area contributed by atoms with Gasteiger partial charge in [-0.3, -0.25) is 14.4 Å². The highest BCUT2D eigenvalue weighted by Gasteiger charge is 2.77. The lowest BCUT2D eigenvalue weighted by Gasteiger charge is -2.40. The normalized spacial score (nSPS) is 29.0. The Balaban J connectivity index is 1.78. The first-order chi connectivity index (χ1) is 19.5. The molecule has 3 aliphatic rings. The molecule has 224 valence electrons. The van der Waals surface area contributed by atoms with Crippen LogP contribution in [0.2, 0.25) is 5.02 Å². The maximum Gasteiger partial charge on any atom is 0.312 e. The number of aryl methyl sites for hydroxylation is 1. The van der Waals surface area contributed by atoms with Crippen molar-refractivity contribution in [1.82, 2.24) is 4.90 Å². The summed E-state index contributed by atoms with van der Waals surface area (Å²) < 4.78 is 12.3. The molecule has 3 heterocycles. The standard InChI is InChI=1S/C31H40BrClN2O6/c1-6-8-9-10-15-40-30(39)23-24-28(37)35(22(17-36)18(3)4)27(31(24)16-20(32)26(23)41-31)29(38)34(14-7-2)25-19(5)12-11-13-21(25)33/h6-7,11-13,18,20,22-24,26-27,36H,1-2,8-10,14-17H2,3-5H3/t20?,22-,23+,24-,26+,27?,31?/m0/s1. The molecule has 41 heavy (non-hydrogen) atoms. The second kappa shape index (κ2) is 13.0. The molecule has 2 bridgehead atoms. The van der Waals surface area contributed by atoms with Crippen LogP contribution < -0.4 is 4.90 Å². The van der Waals surface area contributed by atoms with Gasteiger partial charge in [-0.2, -0.15) is 0 Å². The van der Waals surface area contributed by atoms with Crippen LogP contribution in [0.4, 0.5) is 5.69 Å². The number of halogens is 2. The quantitative estimate of drug-likeness (QED) is 0.142. The molecule has 3 saturated heterocycles. The molecular formula is C31H40BrClN2O6. The third kappa shape index (κ3) is 5.51. The molecule has 1 aromatic carbocycles. The molecule has 3 aliphatic heterocycles. The maximum absolute atomic E-state index is 14.7. The summed E-state index contributed by atoms with van der Waals surface area (Å²) in [6.45, 7) is 13.2. The number of unbranched alkanes of at least 4 members (excludes halogenated alkanes) is 2. The van der Waals surface area contributed by atoms with Crippen LogP contribution in [0, 0.1) is 24.7 Å². The Morgan fingerprint density at radius 1 is 1.32 bits per heavy atom. The number of anilines is 1. The number of hydrogen-bond donors (Lipinski definition) is 1. The predicted octanol–water partition coefficient (Wildman–Crippen LogP) is 4.83. The minimum atomic E-state index is -1.28. The van der Waals surface area contributed by atoms with Gasteiger partial charge in [-0.15, -0.1) is 13.2 Å². The fourth-order valence-electron chi connectivity index (χ4n) is 6.79. The first-order valence-electron chi connectivity index (χ1n) is 14.3. The number of ether oxygens (including phenoxy) is 2. The zero-order valence-corrected chi connectivity index (χ0v) is 26.3. The topological polar surface area (TPSA) is 96.4 Å². The third-order valence-corrected chi connectivity index (χ3v) is 9.78. The summed E-state index contributed by atoms with van der Waals surface area (Å²) in [5, 5.41) is 10.9. The summed E-state index contributed by atoms with van der Waals surface area (Å²) >= 11 is 10.3. The Morgan fingerprint density at radius 3 is 2.66 bits per heavy atom. The average molecular weight is 652 g/mol. The zero-order valence-electron chi connectivity index (χ0n) is 23.9. The van der Waals surface area contributed by atoms with Crippen LogP contribution in [-0.4, -0.2) is 76.2 Å². The van der Waals surface area contributed by atoms with E-state index in [1.165, 1.54) is 9.80 Å². The van der Waals surface area contributed by atoms with Gasteiger partial charge in [0.15, 0.2) is 0 Å². The number of hydrogen-bond acceptors (Lipinski definition) is 6. The van der Waals surface area contributed by atoms with Crippen molar-refractivity contribution in [3.05, 3.63) is 54.1 Å². The van der Waals surface area contributed by atoms with E-state index in [0.717, 1.165) is 18.4 Å². The average Bonchev–Trinajstić information content (AvgIpc) is 3.51. The summed E-state index contributed by atoms with van der Waals surface area (Å²) in [4.78, 5) is 45.4. The van der Waals surface area contributed by atoms with E-state index in [2.05, 4.69) is 29.1 Å². The molecule has 1 spiro atoms. The van der Waals surface area contributed by atoms with Crippen molar-refractivity contribution in [2.24, 2.45) is 17.8 Å². The number of rotatable bonds is 13. The van der Waals surface area contributed by atoms with Crippen molar-refractivity contribution in [1.29, 1.82) is 0 Å². The first kappa shape index (κ1) is 31.7. The number of likely N-dealkylation sites (tertiary alicyclic amines) is 1. The minimum Gasteiger partial charge on any atom is -0.465 e. The molecule has 0 aromatic heterocycles. The van der Waals surface area contributed by atoms with Crippen LogP contribution in [-0.2, 0) is 23.9 Å². The monoisotopic (exact) mass is 650 g/mol.